The van der Waals surface area contributed by atoms with Gasteiger partial charge in [0.05, 0.1) is 17.6 Å². The molecule has 4 rings (SSSR count). The average molecular weight is 438 g/mol. The number of benzene rings is 3. The van der Waals surface area contributed by atoms with Crippen LogP contribution in [-0.4, -0.2) is 20.5 Å². The van der Waals surface area contributed by atoms with Crippen molar-refractivity contribution in [2.75, 3.05) is 7.11 Å². The van der Waals surface area contributed by atoms with Crippen molar-refractivity contribution in [1.29, 1.82) is 0 Å². The first-order chi connectivity index (χ1) is 14.8. The molecule has 0 fully saturated rings. The fourth-order valence-electron chi connectivity index (χ4n) is 3.20. The lowest BCUT2D eigenvalue weighted by molar-refractivity contribution is 0.411. The number of primary sulfonamides is 1. The lowest BCUT2D eigenvalue weighted by Crippen LogP contribution is -2.11. The summed E-state index contributed by atoms with van der Waals surface area (Å²) in [7, 11) is -2.37. The van der Waals surface area contributed by atoms with E-state index in [1.54, 1.807) is 24.3 Å². The van der Waals surface area contributed by atoms with Crippen molar-refractivity contribution in [3.8, 4) is 28.3 Å². The van der Waals surface area contributed by atoms with Crippen molar-refractivity contribution in [3.63, 3.8) is 0 Å². The second-order valence-electron chi connectivity index (χ2n) is 6.86. The van der Waals surface area contributed by atoms with Crippen LogP contribution in [0.3, 0.4) is 0 Å². The van der Waals surface area contributed by atoms with Crippen LogP contribution in [0.2, 0.25) is 0 Å². The molecule has 0 aliphatic heterocycles. The zero-order chi connectivity index (χ0) is 22.0. The predicted octanol–water partition coefficient (Wildman–Crippen LogP) is 4.39. The van der Waals surface area contributed by atoms with Gasteiger partial charge in [0, 0.05) is 18.1 Å². The van der Waals surface area contributed by atoms with Crippen LogP contribution in [0, 0.1) is 5.82 Å². The van der Waals surface area contributed by atoms with Gasteiger partial charge in [-0.05, 0) is 29.8 Å². The Morgan fingerprint density at radius 3 is 2.35 bits per heavy atom. The molecule has 31 heavy (non-hydrogen) atoms. The van der Waals surface area contributed by atoms with Gasteiger partial charge in [0.2, 0.25) is 10.0 Å². The first-order valence-electron chi connectivity index (χ1n) is 9.36. The summed E-state index contributed by atoms with van der Waals surface area (Å²) < 4.78 is 49.0. The van der Waals surface area contributed by atoms with E-state index in [-0.39, 0.29) is 16.2 Å². The van der Waals surface area contributed by atoms with E-state index in [1.807, 2.05) is 30.3 Å². The number of nitrogens with two attached hydrogens (primary N) is 1. The standard InChI is InChI=1S/C23H19FN2O4S/c1-29-17-9-12-19(20(24)14-17)23-22(16-7-10-18(11-8-16)31(25,27)28)26-21(30-23)13-15-5-3-2-4-6-15/h2-12,14H,13H2,1H3,(H2,25,27,28). The van der Waals surface area contributed by atoms with Crippen LogP contribution in [0.5, 0.6) is 5.75 Å². The molecule has 0 atom stereocenters. The Hall–Kier alpha value is -3.49. The highest BCUT2D eigenvalue weighted by Gasteiger charge is 2.21. The van der Waals surface area contributed by atoms with E-state index in [0.29, 0.717) is 29.3 Å². The third-order valence-electron chi connectivity index (χ3n) is 4.75. The van der Waals surface area contributed by atoms with Crippen molar-refractivity contribution >= 4 is 10.0 Å². The Morgan fingerprint density at radius 2 is 1.74 bits per heavy atom. The number of halogens is 1. The third kappa shape index (κ3) is 4.50. The van der Waals surface area contributed by atoms with E-state index < -0.39 is 15.8 Å². The highest BCUT2D eigenvalue weighted by atomic mass is 32.2. The zero-order valence-corrected chi connectivity index (χ0v) is 17.4. The summed E-state index contributed by atoms with van der Waals surface area (Å²) in [4.78, 5) is 4.56. The fraction of sp³-hybridized carbons (Fsp3) is 0.0870. The summed E-state index contributed by atoms with van der Waals surface area (Å²) in [6.45, 7) is 0. The van der Waals surface area contributed by atoms with Gasteiger partial charge in [0.15, 0.2) is 11.7 Å². The van der Waals surface area contributed by atoms with Gasteiger partial charge in [0.1, 0.15) is 17.3 Å². The molecule has 6 nitrogen and oxygen atoms in total. The van der Waals surface area contributed by atoms with E-state index in [4.69, 9.17) is 14.3 Å². The molecule has 0 unspecified atom stereocenters. The number of aromatic nitrogens is 1. The molecule has 1 heterocycles. The first-order valence-corrected chi connectivity index (χ1v) is 10.9. The molecule has 2 N–H and O–H groups in total. The number of ether oxygens (including phenoxy) is 1. The van der Waals surface area contributed by atoms with E-state index in [9.17, 15) is 12.8 Å². The Kier molecular flexibility index (Phi) is 5.58. The second kappa shape index (κ2) is 8.33. The van der Waals surface area contributed by atoms with Gasteiger partial charge in [-0.25, -0.2) is 22.9 Å². The molecule has 0 aliphatic rings. The van der Waals surface area contributed by atoms with Crippen molar-refractivity contribution < 1.29 is 22.0 Å². The van der Waals surface area contributed by atoms with Gasteiger partial charge in [-0.3, -0.25) is 0 Å². The van der Waals surface area contributed by atoms with E-state index in [2.05, 4.69) is 4.98 Å². The van der Waals surface area contributed by atoms with Crippen molar-refractivity contribution in [1.82, 2.24) is 4.98 Å². The van der Waals surface area contributed by atoms with Crippen LogP contribution in [0.15, 0.2) is 82.1 Å². The van der Waals surface area contributed by atoms with E-state index >= 15 is 0 Å². The molecule has 0 radical (unpaired) electrons. The number of sulfonamides is 1. The molecule has 1 aromatic heterocycles. The molecular formula is C23H19FN2O4S. The Labute approximate surface area is 179 Å². The van der Waals surface area contributed by atoms with Crippen molar-refractivity contribution in [2.45, 2.75) is 11.3 Å². The van der Waals surface area contributed by atoms with Crippen molar-refractivity contribution in [3.05, 3.63) is 90.1 Å². The maximum absolute atomic E-state index is 14.8. The molecule has 158 valence electrons. The fourth-order valence-corrected chi connectivity index (χ4v) is 3.71. The largest absolute Gasteiger partial charge is 0.497 e. The second-order valence-corrected chi connectivity index (χ2v) is 8.42. The van der Waals surface area contributed by atoms with Crippen molar-refractivity contribution in [2.24, 2.45) is 5.14 Å². The van der Waals surface area contributed by atoms with Crippen LogP contribution in [0.4, 0.5) is 4.39 Å². The number of rotatable bonds is 6. The lowest BCUT2D eigenvalue weighted by atomic mass is 10.1. The monoisotopic (exact) mass is 438 g/mol. The number of hydrogen-bond acceptors (Lipinski definition) is 5. The number of oxazole rings is 1. The van der Waals surface area contributed by atoms with Crippen LogP contribution in [-0.2, 0) is 16.4 Å². The number of nitrogens with zero attached hydrogens (tertiary/aromatic N) is 1. The normalized spacial score (nSPS) is 11.5. The van der Waals surface area contributed by atoms with E-state index in [0.717, 1.165) is 5.56 Å². The van der Waals surface area contributed by atoms with Gasteiger partial charge in [-0.15, -0.1) is 0 Å². The minimum Gasteiger partial charge on any atom is -0.497 e. The molecule has 0 amide bonds. The van der Waals surface area contributed by atoms with Gasteiger partial charge in [-0.1, -0.05) is 42.5 Å². The summed E-state index contributed by atoms with van der Waals surface area (Å²) in [5.41, 5.74) is 2.18. The SMILES string of the molecule is COc1ccc(-c2oc(Cc3ccccc3)nc2-c2ccc(S(N)(=O)=O)cc2)c(F)c1. The lowest BCUT2D eigenvalue weighted by Gasteiger charge is -2.06. The molecule has 3 aromatic carbocycles. The van der Waals surface area contributed by atoms with Crippen LogP contribution < -0.4 is 9.88 Å². The van der Waals surface area contributed by atoms with E-state index in [1.165, 1.54) is 25.3 Å². The molecule has 0 bridgehead atoms. The first kappa shape index (κ1) is 20.8. The summed E-state index contributed by atoms with van der Waals surface area (Å²) in [6, 6.07) is 20.0. The minimum atomic E-state index is -3.83. The molecule has 0 spiro atoms. The van der Waals surface area contributed by atoms with Gasteiger partial charge in [0.25, 0.3) is 0 Å². The topological polar surface area (TPSA) is 95.4 Å². The maximum Gasteiger partial charge on any atom is 0.238 e. The summed E-state index contributed by atoms with van der Waals surface area (Å²) in [5, 5.41) is 5.18. The Balaban J connectivity index is 1.82. The molecular weight excluding hydrogens is 419 g/mol. The minimum absolute atomic E-state index is 0.0265. The van der Waals surface area contributed by atoms with Gasteiger partial charge < -0.3 is 9.15 Å². The number of hydrogen-bond donors (Lipinski definition) is 1. The predicted molar refractivity (Wildman–Crippen MR) is 115 cm³/mol. The maximum atomic E-state index is 14.8. The summed E-state index contributed by atoms with van der Waals surface area (Å²) >= 11 is 0. The molecule has 0 saturated carbocycles. The molecule has 4 aromatic rings. The Bertz CT molecular complexity index is 1320. The summed E-state index contributed by atoms with van der Waals surface area (Å²) in [6.07, 6.45) is 0.418. The Morgan fingerprint density at radius 1 is 1.03 bits per heavy atom. The van der Waals surface area contributed by atoms with Crippen LogP contribution in [0.25, 0.3) is 22.6 Å². The van der Waals surface area contributed by atoms with Crippen LogP contribution >= 0.6 is 0 Å². The smallest absolute Gasteiger partial charge is 0.238 e. The number of methoxy groups -OCH3 is 1. The highest BCUT2D eigenvalue weighted by Crippen LogP contribution is 2.36. The molecule has 0 saturated heterocycles. The van der Waals surface area contributed by atoms with Crippen LogP contribution in [0.1, 0.15) is 11.5 Å². The zero-order valence-electron chi connectivity index (χ0n) is 16.6. The summed E-state index contributed by atoms with van der Waals surface area (Å²) in [5.74, 6) is 0.505. The highest BCUT2D eigenvalue weighted by molar-refractivity contribution is 7.89. The third-order valence-corrected chi connectivity index (χ3v) is 5.68. The average Bonchev–Trinajstić information content (AvgIpc) is 3.17. The van der Waals surface area contributed by atoms with Gasteiger partial charge >= 0.3 is 0 Å². The van der Waals surface area contributed by atoms with Gasteiger partial charge in [-0.2, -0.15) is 0 Å². The molecule has 0 aliphatic carbocycles. The quantitative estimate of drug-likeness (QED) is 0.482. The molecule has 8 heteroatoms.